The second-order valence-corrected chi connectivity index (χ2v) is 4.97. The zero-order valence-corrected chi connectivity index (χ0v) is 11.4. The van der Waals surface area contributed by atoms with Crippen molar-refractivity contribution in [1.29, 1.82) is 0 Å². The highest BCUT2D eigenvalue weighted by Crippen LogP contribution is 2.33. The molecule has 0 unspecified atom stereocenters. The van der Waals surface area contributed by atoms with Crippen molar-refractivity contribution in [3.05, 3.63) is 79.5 Å². The Kier molecular flexibility index (Phi) is 2.79. The van der Waals surface area contributed by atoms with Gasteiger partial charge < -0.3 is 4.42 Å². The molecule has 1 aromatic heterocycles. The van der Waals surface area contributed by atoms with Crippen LogP contribution in [0, 0.1) is 0 Å². The lowest BCUT2D eigenvalue weighted by Crippen LogP contribution is -1.82. The van der Waals surface area contributed by atoms with Gasteiger partial charge in [0.25, 0.3) is 0 Å². The van der Waals surface area contributed by atoms with Crippen LogP contribution in [0.3, 0.4) is 0 Å². The van der Waals surface area contributed by atoms with Crippen LogP contribution in [-0.2, 0) is 0 Å². The van der Waals surface area contributed by atoms with Crippen LogP contribution in [0.2, 0.25) is 0 Å². The molecule has 0 aliphatic heterocycles. The van der Waals surface area contributed by atoms with Crippen LogP contribution in [0.1, 0.15) is 0 Å². The highest BCUT2D eigenvalue weighted by molar-refractivity contribution is 6.22. The minimum atomic E-state index is 1.34. The first-order chi connectivity index (χ1) is 10.4. The van der Waals surface area contributed by atoms with Crippen LogP contribution >= 0.6 is 0 Å². The summed E-state index contributed by atoms with van der Waals surface area (Å²) in [6.07, 6.45) is 4.47. The number of aromatic nitrogens is 1. The molecule has 0 N–H and O–H groups in total. The molecule has 100 valence electrons. The highest BCUT2D eigenvalue weighted by atomic mass is 16.3. The van der Waals surface area contributed by atoms with Gasteiger partial charge in [-0.05, 0) is 32.3 Å². The number of hydrogen-bond acceptors (Lipinski definition) is 2. The molecule has 0 bridgehead atoms. The first-order valence-electron chi connectivity index (χ1n) is 6.88. The largest absolute Gasteiger partial charge is 0.452 e. The molecule has 1 heterocycles. The summed E-state index contributed by atoms with van der Waals surface area (Å²) < 4.78 is 4.47. The van der Waals surface area contributed by atoms with Gasteiger partial charge in [-0.15, -0.1) is 0 Å². The average molecular weight is 271 g/mol. The Bertz CT molecular complexity index is 839. The van der Waals surface area contributed by atoms with E-state index in [0.29, 0.717) is 0 Å². The molecule has 0 atom stereocenters. The molecule has 5 aromatic rings. The summed E-state index contributed by atoms with van der Waals surface area (Å²) in [5.41, 5.74) is 0. The molecule has 21 heavy (non-hydrogen) atoms. The van der Waals surface area contributed by atoms with Crippen LogP contribution < -0.4 is 0 Å². The third-order valence-electron chi connectivity index (χ3n) is 3.74. The molecule has 5 rings (SSSR count). The van der Waals surface area contributed by atoms with E-state index in [2.05, 4.69) is 70.1 Å². The van der Waals surface area contributed by atoms with Crippen molar-refractivity contribution in [3.63, 3.8) is 0 Å². The molecule has 0 saturated heterocycles. The van der Waals surface area contributed by atoms with Crippen molar-refractivity contribution in [2.75, 3.05) is 0 Å². The Morgan fingerprint density at radius 2 is 1.10 bits per heavy atom. The van der Waals surface area contributed by atoms with E-state index in [-0.39, 0.29) is 0 Å². The molecule has 0 radical (unpaired) electrons. The predicted molar refractivity (Wildman–Crippen MR) is 86.6 cm³/mol. The molecule has 2 nitrogen and oxygen atoms in total. The maximum Gasteiger partial charge on any atom is 0.180 e. The first kappa shape index (κ1) is 11.9. The number of hydrogen-bond donors (Lipinski definition) is 0. The maximum atomic E-state index is 4.47. The van der Waals surface area contributed by atoms with Crippen molar-refractivity contribution in [2.24, 2.45) is 0 Å². The van der Waals surface area contributed by atoms with E-state index in [1.54, 1.807) is 6.20 Å². The molecule has 0 fully saturated rings. The fraction of sp³-hybridized carbons (Fsp3) is 0. The Morgan fingerprint density at radius 1 is 0.619 bits per heavy atom. The normalized spacial score (nSPS) is 10.9. The average Bonchev–Trinajstić information content (AvgIpc) is 3.13. The summed E-state index contributed by atoms with van der Waals surface area (Å²) in [6, 6.07) is 21.9. The fourth-order valence-electron chi connectivity index (χ4n) is 2.85. The van der Waals surface area contributed by atoms with Gasteiger partial charge in [-0.3, -0.25) is 0 Å². The van der Waals surface area contributed by atoms with Crippen molar-refractivity contribution < 1.29 is 4.42 Å². The van der Waals surface area contributed by atoms with Crippen LogP contribution in [0.15, 0.2) is 83.9 Å². The van der Waals surface area contributed by atoms with E-state index >= 15 is 0 Å². The van der Waals surface area contributed by atoms with E-state index in [1.807, 2.05) is 0 Å². The smallest absolute Gasteiger partial charge is 0.180 e. The van der Waals surface area contributed by atoms with Gasteiger partial charge in [-0.1, -0.05) is 60.7 Å². The van der Waals surface area contributed by atoms with Gasteiger partial charge in [0.15, 0.2) is 6.39 Å². The van der Waals surface area contributed by atoms with Gasteiger partial charge in [-0.2, -0.15) is 0 Å². The SMILES string of the molecule is c1cc2ccc3cccc4ccc(c1)c2c34.c1cocn1. The Balaban J connectivity index is 0.000000197. The molecule has 0 aliphatic carbocycles. The Hall–Kier alpha value is -2.87. The predicted octanol–water partition coefficient (Wildman–Crippen LogP) is 5.26. The third kappa shape index (κ3) is 2.01. The molecule has 0 spiro atoms. The molecule has 0 amide bonds. The second kappa shape index (κ2) is 4.91. The summed E-state index contributed by atoms with van der Waals surface area (Å²) in [7, 11) is 0. The lowest BCUT2D eigenvalue weighted by atomic mass is 9.95. The summed E-state index contributed by atoms with van der Waals surface area (Å²) in [5.74, 6) is 0. The van der Waals surface area contributed by atoms with Gasteiger partial charge in [0, 0.05) is 0 Å². The van der Waals surface area contributed by atoms with Crippen LogP contribution in [0.25, 0.3) is 32.3 Å². The van der Waals surface area contributed by atoms with Gasteiger partial charge in [0.05, 0.1) is 6.20 Å². The molecular weight excluding hydrogens is 258 g/mol. The summed E-state index contributed by atoms with van der Waals surface area (Å²) >= 11 is 0. The second-order valence-electron chi connectivity index (χ2n) is 4.97. The monoisotopic (exact) mass is 271 g/mol. The van der Waals surface area contributed by atoms with E-state index in [1.165, 1.54) is 45.0 Å². The van der Waals surface area contributed by atoms with E-state index in [0.717, 1.165) is 0 Å². The quantitative estimate of drug-likeness (QED) is 0.359. The first-order valence-corrected chi connectivity index (χ1v) is 6.88. The van der Waals surface area contributed by atoms with E-state index in [9.17, 15) is 0 Å². The lowest BCUT2D eigenvalue weighted by Gasteiger charge is -2.09. The van der Waals surface area contributed by atoms with E-state index in [4.69, 9.17) is 0 Å². The number of nitrogens with zero attached hydrogens (tertiary/aromatic N) is 1. The fourth-order valence-corrected chi connectivity index (χ4v) is 2.85. The van der Waals surface area contributed by atoms with Crippen LogP contribution in [0.4, 0.5) is 0 Å². The van der Waals surface area contributed by atoms with Gasteiger partial charge >= 0.3 is 0 Å². The zero-order valence-electron chi connectivity index (χ0n) is 11.4. The minimum absolute atomic E-state index is 1.34. The van der Waals surface area contributed by atoms with E-state index < -0.39 is 0 Å². The molecule has 4 aromatic carbocycles. The highest BCUT2D eigenvalue weighted by Gasteiger charge is 2.05. The van der Waals surface area contributed by atoms with Crippen molar-refractivity contribution in [2.45, 2.75) is 0 Å². The lowest BCUT2D eigenvalue weighted by molar-refractivity contribution is 0.558. The molecule has 0 saturated carbocycles. The summed E-state index contributed by atoms with van der Waals surface area (Å²) in [6.45, 7) is 0. The number of oxazole rings is 1. The van der Waals surface area contributed by atoms with Crippen molar-refractivity contribution in [3.8, 4) is 0 Å². The summed E-state index contributed by atoms with van der Waals surface area (Å²) in [4.78, 5) is 3.56. The van der Waals surface area contributed by atoms with Gasteiger partial charge in [0.2, 0.25) is 0 Å². The van der Waals surface area contributed by atoms with Gasteiger partial charge in [-0.25, -0.2) is 4.98 Å². The topological polar surface area (TPSA) is 26.0 Å². The molecule has 0 aliphatic rings. The number of benzene rings is 4. The van der Waals surface area contributed by atoms with Crippen LogP contribution in [0.5, 0.6) is 0 Å². The molecule has 2 heteroatoms. The summed E-state index contributed by atoms with van der Waals surface area (Å²) in [5, 5.41) is 8.14. The van der Waals surface area contributed by atoms with Gasteiger partial charge in [0.1, 0.15) is 6.26 Å². The van der Waals surface area contributed by atoms with Crippen LogP contribution in [-0.4, -0.2) is 4.98 Å². The Morgan fingerprint density at radius 3 is 1.38 bits per heavy atom. The molecular formula is C19H13NO. The third-order valence-corrected chi connectivity index (χ3v) is 3.74. The van der Waals surface area contributed by atoms with Crippen molar-refractivity contribution in [1.82, 2.24) is 4.98 Å². The zero-order chi connectivity index (χ0) is 14.1. The minimum Gasteiger partial charge on any atom is -0.452 e. The maximum absolute atomic E-state index is 4.47. The standard InChI is InChI=1S/C16H10.C3H3NO/c1-3-11-7-9-13-5-2-6-14-10-8-12(4-1)15(11)16(13)14;1-2-5-3-4-1/h1-10H;1-3H. The Labute approximate surface area is 122 Å². The number of rotatable bonds is 0. The van der Waals surface area contributed by atoms with Crippen molar-refractivity contribution >= 4 is 32.3 Å².